The molecule has 1 aromatic rings. The number of unbranched alkanes of at least 4 members (excludes halogenated alkanes) is 1. The van der Waals surface area contributed by atoms with Crippen molar-refractivity contribution in [3.05, 3.63) is 35.9 Å². The van der Waals surface area contributed by atoms with Crippen molar-refractivity contribution < 1.29 is 14.4 Å². The van der Waals surface area contributed by atoms with Gasteiger partial charge in [-0.1, -0.05) is 77.8 Å². The Morgan fingerprint density at radius 3 is 2.17 bits per heavy atom. The quantitative estimate of drug-likeness (QED) is 0.607. The molecular formula is C23H35N3O3. The van der Waals surface area contributed by atoms with E-state index in [0.29, 0.717) is 31.3 Å². The average molecular weight is 402 g/mol. The van der Waals surface area contributed by atoms with Gasteiger partial charge in [-0.05, 0) is 23.8 Å². The van der Waals surface area contributed by atoms with E-state index >= 15 is 0 Å². The van der Waals surface area contributed by atoms with Gasteiger partial charge >= 0.3 is 6.03 Å². The van der Waals surface area contributed by atoms with Crippen molar-refractivity contribution in [1.82, 2.24) is 15.1 Å². The number of hydrogen-bond acceptors (Lipinski definition) is 3. The van der Waals surface area contributed by atoms with Crippen LogP contribution in [0.15, 0.2) is 30.3 Å². The largest absolute Gasteiger partial charge is 0.341 e. The lowest BCUT2D eigenvalue weighted by atomic mass is 9.85. The first-order valence-electron chi connectivity index (χ1n) is 10.7. The summed E-state index contributed by atoms with van der Waals surface area (Å²) in [7, 11) is 0. The first kappa shape index (κ1) is 22.9. The van der Waals surface area contributed by atoms with Crippen molar-refractivity contribution in [2.45, 2.75) is 59.4 Å². The number of carbonyl (C=O) groups excluding carboxylic acids is 3. The molecule has 160 valence electrons. The molecule has 6 nitrogen and oxygen atoms in total. The van der Waals surface area contributed by atoms with Gasteiger partial charge in [-0.25, -0.2) is 4.79 Å². The molecular weight excluding hydrogens is 366 g/mol. The Hall–Kier alpha value is -2.37. The molecule has 1 aliphatic heterocycles. The number of carbonyl (C=O) groups is 3. The summed E-state index contributed by atoms with van der Waals surface area (Å²) in [5.41, 5.74) is -0.321. The maximum atomic E-state index is 13.4. The number of amides is 4. The van der Waals surface area contributed by atoms with Gasteiger partial charge in [-0.15, -0.1) is 0 Å². The van der Waals surface area contributed by atoms with E-state index in [-0.39, 0.29) is 18.4 Å². The van der Waals surface area contributed by atoms with Crippen molar-refractivity contribution in [3.8, 4) is 0 Å². The fourth-order valence-corrected chi connectivity index (χ4v) is 3.84. The van der Waals surface area contributed by atoms with Gasteiger partial charge in [0, 0.05) is 13.1 Å². The molecule has 0 radical (unpaired) electrons. The second kappa shape index (κ2) is 9.90. The number of benzene rings is 1. The number of urea groups is 1. The third-order valence-corrected chi connectivity index (χ3v) is 5.16. The summed E-state index contributed by atoms with van der Waals surface area (Å²) in [4.78, 5) is 42.0. The summed E-state index contributed by atoms with van der Waals surface area (Å²) in [6, 6.07) is 8.85. The van der Waals surface area contributed by atoms with Crippen molar-refractivity contribution in [3.63, 3.8) is 0 Å². The van der Waals surface area contributed by atoms with Gasteiger partial charge in [0.15, 0.2) is 0 Å². The van der Waals surface area contributed by atoms with Gasteiger partial charge in [0.05, 0.1) is 0 Å². The van der Waals surface area contributed by atoms with Crippen LogP contribution in [-0.4, -0.2) is 47.3 Å². The number of hydrogen-bond donors (Lipinski definition) is 1. The summed E-state index contributed by atoms with van der Waals surface area (Å²) >= 11 is 0. The van der Waals surface area contributed by atoms with E-state index in [9.17, 15) is 14.4 Å². The predicted octanol–water partition coefficient (Wildman–Crippen LogP) is 3.76. The van der Waals surface area contributed by atoms with Crippen molar-refractivity contribution in [2.75, 3.05) is 19.6 Å². The highest BCUT2D eigenvalue weighted by atomic mass is 16.2. The number of nitrogens with zero attached hydrogens (tertiary/aromatic N) is 2. The molecule has 1 heterocycles. The zero-order valence-electron chi connectivity index (χ0n) is 18.4. The van der Waals surface area contributed by atoms with Gasteiger partial charge in [-0.3, -0.25) is 14.5 Å². The Bertz CT molecular complexity index is 707. The Kier molecular flexibility index (Phi) is 7.82. The van der Waals surface area contributed by atoms with Crippen LogP contribution in [0.3, 0.4) is 0 Å². The molecule has 0 bridgehead atoms. The molecule has 1 aromatic carbocycles. The van der Waals surface area contributed by atoms with E-state index in [1.165, 1.54) is 0 Å². The summed E-state index contributed by atoms with van der Waals surface area (Å²) in [6.07, 6.45) is 2.23. The molecule has 0 spiro atoms. The van der Waals surface area contributed by atoms with Crippen LogP contribution in [0.4, 0.5) is 4.79 Å². The topological polar surface area (TPSA) is 69.7 Å². The first-order chi connectivity index (χ1) is 13.7. The monoisotopic (exact) mass is 401 g/mol. The third kappa shape index (κ3) is 5.37. The van der Waals surface area contributed by atoms with Gasteiger partial charge in [-0.2, -0.15) is 0 Å². The summed E-state index contributed by atoms with van der Waals surface area (Å²) in [5.74, 6) is 0.113. The Morgan fingerprint density at radius 1 is 1.07 bits per heavy atom. The molecule has 1 aliphatic rings. The van der Waals surface area contributed by atoms with Crippen LogP contribution in [0, 0.1) is 11.8 Å². The van der Waals surface area contributed by atoms with E-state index in [2.05, 4.69) is 39.9 Å². The highest BCUT2D eigenvalue weighted by Gasteiger charge is 2.52. The van der Waals surface area contributed by atoms with Crippen molar-refractivity contribution in [1.29, 1.82) is 0 Å². The van der Waals surface area contributed by atoms with Crippen LogP contribution in [0.2, 0.25) is 0 Å². The summed E-state index contributed by atoms with van der Waals surface area (Å²) in [6.45, 7) is 11.3. The third-order valence-electron chi connectivity index (χ3n) is 5.16. The van der Waals surface area contributed by atoms with Crippen LogP contribution in [-0.2, 0) is 15.1 Å². The lowest BCUT2D eigenvalue weighted by Gasteiger charge is -2.29. The van der Waals surface area contributed by atoms with Gasteiger partial charge in [0.1, 0.15) is 12.1 Å². The maximum absolute atomic E-state index is 13.4. The van der Waals surface area contributed by atoms with E-state index in [4.69, 9.17) is 0 Å². The normalized spacial score (nSPS) is 19.2. The predicted molar refractivity (Wildman–Crippen MR) is 114 cm³/mol. The van der Waals surface area contributed by atoms with E-state index in [1.807, 2.05) is 30.3 Å². The minimum atomic E-state index is -1.09. The molecule has 0 aromatic heterocycles. The van der Waals surface area contributed by atoms with Gasteiger partial charge < -0.3 is 10.2 Å². The number of rotatable bonds is 10. The number of imide groups is 1. The molecule has 1 N–H and O–H groups in total. The zero-order chi connectivity index (χ0) is 21.6. The van der Waals surface area contributed by atoms with E-state index < -0.39 is 11.6 Å². The number of nitrogens with one attached hydrogen (secondary N) is 1. The molecule has 4 amide bonds. The second-order valence-electron chi connectivity index (χ2n) is 8.78. The standard InChI is InChI=1S/C23H35N3O3/c1-6-7-13-23(19-11-9-8-10-12-19)21(28)26(22(29)24-23)16-20(27)25(14-17(2)3)15-18(4)5/h8-12,17-18H,6-7,13-16H2,1-5H3,(H,24,29). The molecule has 1 unspecified atom stereocenters. The molecule has 0 saturated carbocycles. The highest BCUT2D eigenvalue weighted by Crippen LogP contribution is 2.34. The highest BCUT2D eigenvalue weighted by molar-refractivity contribution is 6.09. The SMILES string of the molecule is CCCCC1(c2ccccc2)NC(=O)N(CC(=O)N(CC(C)C)CC(C)C)C1=O. The molecule has 0 aliphatic carbocycles. The van der Waals surface area contributed by atoms with Crippen LogP contribution in [0.1, 0.15) is 59.4 Å². The van der Waals surface area contributed by atoms with E-state index in [1.54, 1.807) is 4.90 Å². The zero-order valence-corrected chi connectivity index (χ0v) is 18.4. The van der Waals surface area contributed by atoms with Gasteiger partial charge in [0.2, 0.25) is 5.91 Å². The Balaban J connectivity index is 2.26. The molecule has 1 fully saturated rings. The minimum Gasteiger partial charge on any atom is -0.341 e. The molecule has 6 heteroatoms. The average Bonchev–Trinajstić information content (AvgIpc) is 2.91. The lowest BCUT2D eigenvalue weighted by molar-refractivity contribution is -0.140. The Morgan fingerprint density at radius 2 is 1.66 bits per heavy atom. The maximum Gasteiger partial charge on any atom is 0.325 e. The van der Waals surface area contributed by atoms with Crippen molar-refractivity contribution in [2.24, 2.45) is 11.8 Å². The fourth-order valence-electron chi connectivity index (χ4n) is 3.84. The summed E-state index contributed by atoms with van der Waals surface area (Å²) in [5, 5.41) is 2.91. The van der Waals surface area contributed by atoms with E-state index in [0.717, 1.165) is 23.3 Å². The van der Waals surface area contributed by atoms with Crippen LogP contribution < -0.4 is 5.32 Å². The fraction of sp³-hybridized carbons (Fsp3) is 0.609. The smallest absolute Gasteiger partial charge is 0.325 e. The van der Waals surface area contributed by atoms with Crippen LogP contribution >= 0.6 is 0 Å². The molecule has 1 saturated heterocycles. The minimum absolute atomic E-state index is 0.185. The molecule has 1 atom stereocenters. The van der Waals surface area contributed by atoms with Gasteiger partial charge in [0.25, 0.3) is 5.91 Å². The first-order valence-corrected chi connectivity index (χ1v) is 10.7. The van der Waals surface area contributed by atoms with Crippen molar-refractivity contribution >= 4 is 17.8 Å². The van der Waals surface area contributed by atoms with Crippen LogP contribution in [0.5, 0.6) is 0 Å². The molecule has 2 rings (SSSR count). The Labute approximate surface area is 174 Å². The lowest BCUT2D eigenvalue weighted by Crippen LogP contribution is -2.47. The summed E-state index contributed by atoms with van der Waals surface area (Å²) < 4.78 is 0. The second-order valence-corrected chi connectivity index (χ2v) is 8.78. The van der Waals surface area contributed by atoms with Crippen LogP contribution in [0.25, 0.3) is 0 Å². The molecule has 29 heavy (non-hydrogen) atoms.